The van der Waals surface area contributed by atoms with Crippen molar-refractivity contribution >= 4 is 21.6 Å². The molecule has 7 heteroatoms. The number of sulfonamides is 1. The van der Waals surface area contributed by atoms with Crippen molar-refractivity contribution in [3.05, 3.63) is 60.2 Å². The zero-order chi connectivity index (χ0) is 18.4. The van der Waals surface area contributed by atoms with Gasteiger partial charge < -0.3 is 4.90 Å². The van der Waals surface area contributed by atoms with Crippen LogP contribution in [0.5, 0.6) is 0 Å². The highest BCUT2D eigenvalue weighted by molar-refractivity contribution is 7.92. The van der Waals surface area contributed by atoms with E-state index in [1.165, 1.54) is 29.2 Å². The number of rotatable bonds is 6. The van der Waals surface area contributed by atoms with Crippen molar-refractivity contribution in [2.45, 2.75) is 11.8 Å². The lowest BCUT2D eigenvalue weighted by Crippen LogP contribution is -2.30. The molecular weight excluding hydrogens is 338 g/mol. The van der Waals surface area contributed by atoms with Gasteiger partial charge in [0.05, 0.1) is 16.9 Å². The van der Waals surface area contributed by atoms with Gasteiger partial charge >= 0.3 is 0 Å². The van der Waals surface area contributed by atoms with Gasteiger partial charge in [-0.05, 0) is 43.3 Å². The van der Waals surface area contributed by atoms with Crippen LogP contribution in [-0.2, 0) is 10.0 Å². The second-order valence-corrected chi connectivity index (χ2v) is 7.39. The smallest absolute Gasteiger partial charge is 0.261 e. The van der Waals surface area contributed by atoms with Crippen LogP contribution < -0.4 is 4.72 Å². The third kappa shape index (κ3) is 4.81. The molecule has 2 rings (SSSR count). The highest BCUT2D eigenvalue weighted by Crippen LogP contribution is 2.17. The molecule has 0 saturated heterocycles. The van der Waals surface area contributed by atoms with Crippen LogP contribution in [0.25, 0.3) is 0 Å². The Morgan fingerprint density at radius 2 is 1.76 bits per heavy atom. The summed E-state index contributed by atoms with van der Waals surface area (Å²) >= 11 is 0. The maximum atomic E-state index is 12.3. The Balaban J connectivity index is 2.10. The summed E-state index contributed by atoms with van der Waals surface area (Å²) in [6.45, 7) is 2.07. The first-order chi connectivity index (χ1) is 11.8. The minimum absolute atomic E-state index is 0.167. The number of hydrogen-bond donors (Lipinski definition) is 1. The van der Waals surface area contributed by atoms with Crippen molar-refractivity contribution in [1.82, 2.24) is 4.90 Å². The normalized spacial score (nSPS) is 12.0. The van der Waals surface area contributed by atoms with Gasteiger partial charge in [0.25, 0.3) is 15.9 Å². The minimum atomic E-state index is -3.66. The average molecular weight is 357 g/mol. The van der Waals surface area contributed by atoms with Gasteiger partial charge in [-0.25, -0.2) is 8.42 Å². The van der Waals surface area contributed by atoms with E-state index in [0.29, 0.717) is 17.8 Å². The summed E-state index contributed by atoms with van der Waals surface area (Å²) in [6, 6.07) is 16.3. The largest absolute Gasteiger partial charge is 0.340 e. The fourth-order valence-electron chi connectivity index (χ4n) is 2.25. The molecule has 0 spiro atoms. The predicted molar refractivity (Wildman–Crippen MR) is 95.4 cm³/mol. The molecule has 0 bridgehead atoms. The van der Waals surface area contributed by atoms with Crippen LogP contribution in [0.15, 0.2) is 59.5 Å². The molecule has 130 valence electrons. The topological polar surface area (TPSA) is 90.3 Å². The number of hydrogen-bond acceptors (Lipinski definition) is 4. The van der Waals surface area contributed by atoms with Crippen molar-refractivity contribution in [2.75, 3.05) is 18.3 Å². The van der Waals surface area contributed by atoms with Gasteiger partial charge in [0.15, 0.2) is 0 Å². The van der Waals surface area contributed by atoms with E-state index in [1.54, 1.807) is 44.3 Å². The molecule has 0 fully saturated rings. The number of carbonyl (C=O) groups is 1. The first kappa shape index (κ1) is 18.5. The Morgan fingerprint density at radius 1 is 1.16 bits per heavy atom. The maximum Gasteiger partial charge on any atom is 0.261 e. The van der Waals surface area contributed by atoms with Crippen molar-refractivity contribution in [2.24, 2.45) is 5.92 Å². The van der Waals surface area contributed by atoms with Gasteiger partial charge in [-0.3, -0.25) is 9.52 Å². The van der Waals surface area contributed by atoms with E-state index in [0.717, 1.165) is 0 Å². The summed E-state index contributed by atoms with van der Waals surface area (Å²) in [6.07, 6.45) is 0. The van der Waals surface area contributed by atoms with Crippen LogP contribution in [0.1, 0.15) is 17.3 Å². The molecule has 0 aliphatic rings. The van der Waals surface area contributed by atoms with Crippen LogP contribution in [0.3, 0.4) is 0 Å². The number of benzene rings is 2. The predicted octanol–water partition coefficient (Wildman–Crippen LogP) is 2.72. The number of amides is 1. The molecule has 0 saturated carbocycles. The average Bonchev–Trinajstić information content (AvgIpc) is 2.62. The van der Waals surface area contributed by atoms with Gasteiger partial charge in [0.2, 0.25) is 0 Å². The highest BCUT2D eigenvalue weighted by Gasteiger charge is 2.16. The lowest BCUT2D eigenvalue weighted by molar-refractivity contribution is 0.0785. The van der Waals surface area contributed by atoms with E-state index in [-0.39, 0.29) is 16.7 Å². The van der Waals surface area contributed by atoms with Crippen molar-refractivity contribution in [3.8, 4) is 6.07 Å². The number of nitriles is 1. The number of nitrogens with zero attached hydrogens (tertiary/aromatic N) is 2. The number of nitrogens with one attached hydrogen (secondary N) is 1. The summed E-state index contributed by atoms with van der Waals surface area (Å²) in [4.78, 5) is 13.9. The molecule has 1 unspecified atom stereocenters. The molecule has 6 nitrogen and oxygen atoms in total. The molecule has 2 aromatic rings. The SMILES string of the molecule is CC(C#N)CN(C)C(=O)c1ccc(NS(=O)(=O)c2ccccc2)cc1. The summed E-state index contributed by atoms with van der Waals surface area (Å²) in [7, 11) is -2.04. The van der Waals surface area contributed by atoms with Crippen LogP contribution in [-0.4, -0.2) is 32.8 Å². The van der Waals surface area contributed by atoms with Gasteiger partial charge in [0, 0.05) is 24.8 Å². The van der Waals surface area contributed by atoms with Gasteiger partial charge in [0.1, 0.15) is 0 Å². The molecular formula is C18H19N3O3S. The Hall–Kier alpha value is -2.85. The quantitative estimate of drug-likeness (QED) is 0.860. The van der Waals surface area contributed by atoms with Gasteiger partial charge in [-0.2, -0.15) is 5.26 Å². The lowest BCUT2D eigenvalue weighted by atomic mass is 10.1. The second kappa shape index (κ2) is 7.81. The van der Waals surface area contributed by atoms with Crippen LogP contribution in [0, 0.1) is 17.2 Å². The van der Waals surface area contributed by atoms with E-state index in [1.807, 2.05) is 0 Å². The maximum absolute atomic E-state index is 12.3. The molecule has 25 heavy (non-hydrogen) atoms. The zero-order valence-electron chi connectivity index (χ0n) is 14.0. The molecule has 1 N–H and O–H groups in total. The Bertz CT molecular complexity index is 872. The van der Waals surface area contributed by atoms with Crippen molar-refractivity contribution in [1.29, 1.82) is 5.26 Å². The monoisotopic (exact) mass is 357 g/mol. The van der Waals surface area contributed by atoms with E-state index in [4.69, 9.17) is 5.26 Å². The second-order valence-electron chi connectivity index (χ2n) is 5.71. The minimum Gasteiger partial charge on any atom is -0.340 e. The first-order valence-corrected chi connectivity index (χ1v) is 9.15. The van der Waals surface area contributed by atoms with Crippen LogP contribution in [0.2, 0.25) is 0 Å². The lowest BCUT2D eigenvalue weighted by Gasteiger charge is -2.18. The molecule has 0 aliphatic carbocycles. The van der Waals surface area contributed by atoms with E-state index in [2.05, 4.69) is 10.8 Å². The summed E-state index contributed by atoms with van der Waals surface area (Å²) in [5.41, 5.74) is 0.795. The summed E-state index contributed by atoms with van der Waals surface area (Å²) in [5, 5.41) is 8.82. The Morgan fingerprint density at radius 3 is 2.32 bits per heavy atom. The third-order valence-electron chi connectivity index (χ3n) is 3.55. The Labute approximate surface area is 147 Å². The van der Waals surface area contributed by atoms with Crippen LogP contribution >= 0.6 is 0 Å². The third-order valence-corrected chi connectivity index (χ3v) is 4.95. The number of carbonyl (C=O) groups excluding carboxylic acids is 1. The first-order valence-electron chi connectivity index (χ1n) is 7.66. The van der Waals surface area contributed by atoms with Crippen molar-refractivity contribution < 1.29 is 13.2 Å². The van der Waals surface area contributed by atoms with E-state index < -0.39 is 10.0 Å². The standard InChI is InChI=1S/C18H19N3O3S/c1-14(12-19)13-21(2)18(22)15-8-10-16(11-9-15)20-25(23,24)17-6-4-3-5-7-17/h3-11,14,20H,13H2,1-2H3. The van der Waals surface area contributed by atoms with Gasteiger partial charge in [-0.1, -0.05) is 18.2 Å². The molecule has 1 amide bonds. The highest BCUT2D eigenvalue weighted by atomic mass is 32.2. The molecule has 0 aliphatic heterocycles. The zero-order valence-corrected chi connectivity index (χ0v) is 14.8. The Kier molecular flexibility index (Phi) is 5.78. The van der Waals surface area contributed by atoms with Gasteiger partial charge in [-0.15, -0.1) is 0 Å². The fraction of sp³-hybridized carbons (Fsp3) is 0.222. The fourth-order valence-corrected chi connectivity index (χ4v) is 3.33. The molecule has 1 atom stereocenters. The van der Waals surface area contributed by atoms with E-state index in [9.17, 15) is 13.2 Å². The van der Waals surface area contributed by atoms with E-state index >= 15 is 0 Å². The summed E-state index contributed by atoms with van der Waals surface area (Å²) < 4.78 is 27.0. The number of anilines is 1. The van der Waals surface area contributed by atoms with Crippen LogP contribution in [0.4, 0.5) is 5.69 Å². The summed E-state index contributed by atoms with van der Waals surface area (Å²) in [5.74, 6) is -0.481. The molecule has 2 aromatic carbocycles. The molecule has 0 radical (unpaired) electrons. The van der Waals surface area contributed by atoms with Crippen molar-refractivity contribution in [3.63, 3.8) is 0 Å². The molecule has 0 heterocycles. The molecule has 0 aromatic heterocycles.